The van der Waals surface area contributed by atoms with Crippen LogP contribution < -0.4 is 34.3 Å². The molecule has 2 heterocycles. The lowest BCUT2D eigenvalue weighted by atomic mass is 10.0. The molecule has 36 heavy (non-hydrogen) atoms. The van der Waals surface area contributed by atoms with Crippen molar-refractivity contribution in [2.45, 2.75) is 31.1 Å². The van der Waals surface area contributed by atoms with Crippen LogP contribution in [-0.2, 0) is 4.79 Å². The highest BCUT2D eigenvalue weighted by Crippen LogP contribution is 2.40. The molecule has 3 N–H and O–H groups in total. The Morgan fingerprint density at radius 1 is 1.08 bits per heavy atom. The van der Waals surface area contributed by atoms with E-state index in [-0.39, 0.29) is 11.9 Å². The zero-order valence-electron chi connectivity index (χ0n) is 21.0. The van der Waals surface area contributed by atoms with E-state index in [9.17, 15) is 9.90 Å². The first-order valence-corrected chi connectivity index (χ1v) is 12.1. The third kappa shape index (κ3) is 6.31. The van der Waals surface area contributed by atoms with Gasteiger partial charge in [0.2, 0.25) is 11.7 Å². The molecule has 0 aliphatic carbocycles. The van der Waals surface area contributed by atoms with Gasteiger partial charge in [-0.1, -0.05) is 12.1 Å². The molecular weight excluding hydrogens is 466 g/mol. The zero-order valence-corrected chi connectivity index (χ0v) is 21.0. The quantitative estimate of drug-likeness (QED) is 0.450. The summed E-state index contributed by atoms with van der Waals surface area (Å²) in [6, 6.07) is 11.2. The fourth-order valence-electron chi connectivity index (χ4n) is 4.50. The zero-order chi connectivity index (χ0) is 25.5. The van der Waals surface area contributed by atoms with Gasteiger partial charge in [0, 0.05) is 43.5 Å². The van der Waals surface area contributed by atoms with Crippen LogP contribution in [0.25, 0.3) is 0 Å². The summed E-state index contributed by atoms with van der Waals surface area (Å²) in [6.07, 6.45) is 0.677. The fraction of sp³-hybridized carbons (Fsp3) is 0.500. The number of fused-ring (bicyclic) bond motifs is 1. The van der Waals surface area contributed by atoms with Crippen molar-refractivity contribution in [1.82, 2.24) is 10.2 Å². The minimum atomic E-state index is -0.680. The number of nitrogens with one attached hydrogen (secondary N) is 2. The Hall–Kier alpha value is -3.21. The third-order valence-electron chi connectivity index (χ3n) is 6.48. The molecule has 1 fully saturated rings. The fourth-order valence-corrected chi connectivity index (χ4v) is 4.50. The molecule has 0 aromatic heterocycles. The number of piperidine rings is 1. The SMILES string of the molecule is COc1cc(NC(=O)CN2CCC(NCC(O)C3COc4ccccc4O3)CC2)cc(OC)c1OC. The van der Waals surface area contributed by atoms with Gasteiger partial charge < -0.3 is 39.4 Å². The second-order valence-electron chi connectivity index (χ2n) is 8.90. The van der Waals surface area contributed by atoms with Gasteiger partial charge >= 0.3 is 0 Å². The predicted molar refractivity (Wildman–Crippen MR) is 135 cm³/mol. The molecule has 1 saturated heterocycles. The molecule has 2 atom stereocenters. The van der Waals surface area contributed by atoms with Crippen LogP contribution in [-0.4, -0.2) is 88.3 Å². The first kappa shape index (κ1) is 25.9. The van der Waals surface area contributed by atoms with E-state index >= 15 is 0 Å². The van der Waals surface area contributed by atoms with E-state index in [1.54, 1.807) is 12.1 Å². The van der Waals surface area contributed by atoms with E-state index in [0.717, 1.165) is 25.9 Å². The molecule has 0 spiro atoms. The lowest BCUT2D eigenvalue weighted by Gasteiger charge is -2.34. The lowest BCUT2D eigenvalue weighted by Crippen LogP contribution is -2.50. The number of amides is 1. The Bertz CT molecular complexity index is 1000. The molecule has 10 heteroatoms. The number of hydrogen-bond acceptors (Lipinski definition) is 9. The van der Waals surface area contributed by atoms with Gasteiger partial charge in [-0.3, -0.25) is 9.69 Å². The van der Waals surface area contributed by atoms with Crippen molar-refractivity contribution in [3.05, 3.63) is 36.4 Å². The highest BCUT2D eigenvalue weighted by molar-refractivity contribution is 5.93. The molecule has 4 rings (SSSR count). The van der Waals surface area contributed by atoms with Crippen molar-refractivity contribution in [3.63, 3.8) is 0 Å². The molecule has 2 unspecified atom stereocenters. The smallest absolute Gasteiger partial charge is 0.238 e. The minimum absolute atomic E-state index is 0.110. The molecule has 196 valence electrons. The number of ether oxygens (including phenoxy) is 5. The number of nitrogens with zero attached hydrogens (tertiary/aromatic N) is 1. The van der Waals surface area contributed by atoms with Gasteiger partial charge in [-0.2, -0.15) is 0 Å². The van der Waals surface area contributed by atoms with Gasteiger partial charge in [0.25, 0.3) is 0 Å². The molecule has 2 aliphatic heterocycles. The van der Waals surface area contributed by atoms with Crippen LogP contribution in [0.4, 0.5) is 5.69 Å². The van der Waals surface area contributed by atoms with Gasteiger partial charge in [0.05, 0.1) is 27.9 Å². The Balaban J connectivity index is 1.19. The third-order valence-corrected chi connectivity index (χ3v) is 6.48. The molecule has 2 aromatic rings. The van der Waals surface area contributed by atoms with Crippen molar-refractivity contribution in [3.8, 4) is 28.7 Å². The van der Waals surface area contributed by atoms with E-state index in [4.69, 9.17) is 23.7 Å². The molecule has 1 amide bonds. The molecule has 2 aromatic carbocycles. The lowest BCUT2D eigenvalue weighted by molar-refractivity contribution is -0.117. The van der Waals surface area contributed by atoms with Gasteiger partial charge in [0.15, 0.2) is 29.1 Å². The number of likely N-dealkylation sites (tertiary alicyclic amines) is 1. The summed E-state index contributed by atoms with van der Waals surface area (Å²) in [4.78, 5) is 14.8. The number of aliphatic hydroxyl groups excluding tert-OH is 1. The number of anilines is 1. The average Bonchev–Trinajstić information content (AvgIpc) is 2.91. The van der Waals surface area contributed by atoms with Crippen LogP contribution in [0.15, 0.2) is 36.4 Å². The van der Waals surface area contributed by atoms with Crippen molar-refractivity contribution in [1.29, 1.82) is 0 Å². The Morgan fingerprint density at radius 3 is 2.39 bits per heavy atom. The van der Waals surface area contributed by atoms with Gasteiger partial charge in [0.1, 0.15) is 12.7 Å². The van der Waals surface area contributed by atoms with Crippen LogP contribution in [0.2, 0.25) is 0 Å². The normalized spacial score (nSPS) is 18.8. The summed E-state index contributed by atoms with van der Waals surface area (Å²) in [5.74, 6) is 2.69. The highest BCUT2D eigenvalue weighted by Gasteiger charge is 2.29. The number of methoxy groups -OCH3 is 3. The van der Waals surface area contributed by atoms with Gasteiger partial charge in [-0.05, 0) is 25.0 Å². The molecule has 10 nitrogen and oxygen atoms in total. The number of para-hydroxylation sites is 2. The average molecular weight is 502 g/mol. The summed E-state index contributed by atoms with van der Waals surface area (Å²) in [7, 11) is 4.61. The number of benzene rings is 2. The molecular formula is C26H35N3O7. The maximum atomic E-state index is 12.7. The van der Waals surface area contributed by atoms with Crippen LogP contribution >= 0.6 is 0 Å². The molecule has 0 bridgehead atoms. The highest BCUT2D eigenvalue weighted by atomic mass is 16.6. The first-order chi connectivity index (χ1) is 17.5. The van der Waals surface area contributed by atoms with Crippen molar-refractivity contribution >= 4 is 11.6 Å². The Labute approximate surface area is 211 Å². The van der Waals surface area contributed by atoms with Crippen molar-refractivity contribution in [2.24, 2.45) is 0 Å². The number of rotatable bonds is 10. The van der Waals surface area contributed by atoms with Crippen LogP contribution in [0, 0.1) is 0 Å². The van der Waals surface area contributed by atoms with E-state index in [2.05, 4.69) is 15.5 Å². The summed E-state index contributed by atoms with van der Waals surface area (Å²) < 4.78 is 27.6. The topological polar surface area (TPSA) is 111 Å². The molecule has 0 saturated carbocycles. The summed E-state index contributed by atoms with van der Waals surface area (Å²) in [5, 5.41) is 16.9. The van der Waals surface area contributed by atoms with Crippen LogP contribution in [0.5, 0.6) is 28.7 Å². The monoisotopic (exact) mass is 501 g/mol. The van der Waals surface area contributed by atoms with Gasteiger partial charge in [-0.25, -0.2) is 0 Å². The van der Waals surface area contributed by atoms with E-state index < -0.39 is 12.2 Å². The number of carbonyl (C=O) groups excluding carboxylic acids is 1. The van der Waals surface area contributed by atoms with E-state index in [0.29, 0.717) is 54.1 Å². The molecule has 0 radical (unpaired) electrons. The summed E-state index contributed by atoms with van der Waals surface area (Å²) in [6.45, 7) is 2.60. The predicted octanol–water partition coefficient (Wildman–Crippen LogP) is 1.91. The summed E-state index contributed by atoms with van der Waals surface area (Å²) >= 11 is 0. The maximum absolute atomic E-state index is 12.7. The second kappa shape index (κ2) is 12.2. The number of aliphatic hydroxyl groups is 1. The Morgan fingerprint density at radius 2 is 1.75 bits per heavy atom. The van der Waals surface area contributed by atoms with Crippen molar-refractivity contribution in [2.75, 3.05) is 59.4 Å². The summed E-state index contributed by atoms with van der Waals surface area (Å²) in [5.41, 5.74) is 0.580. The first-order valence-electron chi connectivity index (χ1n) is 12.1. The van der Waals surface area contributed by atoms with Crippen LogP contribution in [0.1, 0.15) is 12.8 Å². The molecule has 2 aliphatic rings. The van der Waals surface area contributed by atoms with E-state index in [1.165, 1.54) is 21.3 Å². The van der Waals surface area contributed by atoms with Crippen LogP contribution in [0.3, 0.4) is 0 Å². The second-order valence-corrected chi connectivity index (χ2v) is 8.90. The van der Waals surface area contributed by atoms with Crippen molar-refractivity contribution < 1.29 is 33.6 Å². The standard InChI is InChI=1S/C26H35N3O7/c1-32-22-12-18(13-23(33-2)26(22)34-3)28-25(31)15-29-10-8-17(9-11-29)27-14-19(30)24-16-35-20-6-4-5-7-21(20)36-24/h4-7,12-13,17,19,24,27,30H,8-11,14-16H2,1-3H3,(H,28,31). The Kier molecular flexibility index (Phi) is 8.74. The van der Waals surface area contributed by atoms with Gasteiger partial charge in [-0.15, -0.1) is 0 Å². The largest absolute Gasteiger partial charge is 0.493 e. The van der Waals surface area contributed by atoms with E-state index in [1.807, 2.05) is 24.3 Å². The number of carbonyl (C=O) groups is 1. The maximum Gasteiger partial charge on any atom is 0.238 e. The number of hydrogen-bond donors (Lipinski definition) is 3. The minimum Gasteiger partial charge on any atom is -0.493 e.